The van der Waals surface area contributed by atoms with Gasteiger partial charge in [-0.05, 0) is 50.2 Å². The molecule has 2 aliphatic heterocycles. The number of amides is 2. The molecule has 0 bridgehead atoms. The second-order valence-corrected chi connectivity index (χ2v) is 12.5. The quantitative estimate of drug-likeness (QED) is 0.470. The van der Waals surface area contributed by atoms with Gasteiger partial charge in [0.05, 0.1) is 22.7 Å². The lowest BCUT2D eigenvalue weighted by atomic mass is 10.1. The highest BCUT2D eigenvalue weighted by Crippen LogP contribution is 2.28. The Morgan fingerprint density at radius 1 is 0.892 bits per heavy atom. The lowest BCUT2D eigenvalue weighted by Crippen LogP contribution is -2.50. The first-order valence-corrected chi connectivity index (χ1v) is 14.6. The molecule has 2 aliphatic rings. The third-order valence-corrected chi connectivity index (χ3v) is 9.02. The topological polar surface area (TPSA) is 95.8 Å². The van der Waals surface area contributed by atoms with Crippen molar-refractivity contribution in [2.75, 3.05) is 50.8 Å². The summed E-state index contributed by atoms with van der Waals surface area (Å²) in [7, 11) is -3.13. The predicted molar refractivity (Wildman–Crippen MR) is 143 cm³/mol. The van der Waals surface area contributed by atoms with Crippen LogP contribution in [0.2, 0.25) is 5.15 Å². The van der Waals surface area contributed by atoms with E-state index < -0.39 is 9.84 Å². The number of benzene rings is 1. The van der Waals surface area contributed by atoms with Gasteiger partial charge in [-0.25, -0.2) is 13.4 Å². The number of rotatable bonds is 4. The lowest BCUT2D eigenvalue weighted by molar-refractivity contribution is 0.0595. The number of halogens is 1. The maximum Gasteiger partial charge on any atom is 0.270 e. The molecule has 0 spiro atoms. The van der Waals surface area contributed by atoms with E-state index in [0.29, 0.717) is 36.1 Å². The van der Waals surface area contributed by atoms with E-state index in [2.05, 4.69) is 23.7 Å². The lowest BCUT2D eigenvalue weighted by Gasteiger charge is -2.37. The van der Waals surface area contributed by atoms with E-state index in [-0.39, 0.29) is 41.6 Å². The Bertz CT molecular complexity index is 1450. The summed E-state index contributed by atoms with van der Waals surface area (Å²) >= 11 is 6.17. The molecular formula is C26H30ClN5O4S. The Morgan fingerprint density at radius 3 is 2.22 bits per heavy atom. The van der Waals surface area contributed by atoms with E-state index in [0.717, 1.165) is 24.0 Å². The van der Waals surface area contributed by atoms with Crippen LogP contribution in [0.15, 0.2) is 42.6 Å². The third-order valence-electron chi connectivity index (χ3n) is 7.20. The molecule has 0 atom stereocenters. The second-order valence-electron chi connectivity index (χ2n) is 9.84. The van der Waals surface area contributed by atoms with E-state index >= 15 is 0 Å². The van der Waals surface area contributed by atoms with Gasteiger partial charge in [-0.15, -0.1) is 0 Å². The van der Waals surface area contributed by atoms with Gasteiger partial charge in [0, 0.05) is 62.5 Å². The van der Waals surface area contributed by atoms with E-state index in [4.69, 9.17) is 11.6 Å². The molecule has 196 valence electrons. The van der Waals surface area contributed by atoms with Crippen LogP contribution in [0.3, 0.4) is 0 Å². The highest BCUT2D eigenvalue weighted by molar-refractivity contribution is 7.91. The first-order valence-electron chi connectivity index (χ1n) is 12.4. The highest BCUT2D eigenvalue weighted by atomic mass is 35.5. The van der Waals surface area contributed by atoms with Gasteiger partial charge in [0.15, 0.2) is 9.84 Å². The predicted octanol–water partition coefficient (Wildman–Crippen LogP) is 2.72. The maximum atomic E-state index is 13.6. The van der Waals surface area contributed by atoms with Crippen molar-refractivity contribution in [2.45, 2.75) is 19.9 Å². The molecule has 2 amide bonds. The maximum absolute atomic E-state index is 13.6. The number of aromatic nitrogens is 2. The molecule has 9 nitrogen and oxygen atoms in total. The minimum atomic E-state index is -3.13. The van der Waals surface area contributed by atoms with Crippen LogP contribution in [0.4, 0.5) is 0 Å². The summed E-state index contributed by atoms with van der Waals surface area (Å²) in [4.78, 5) is 36.8. The molecule has 2 saturated heterocycles. The van der Waals surface area contributed by atoms with Crippen LogP contribution in [0.5, 0.6) is 0 Å². The molecule has 0 unspecified atom stereocenters. The van der Waals surface area contributed by atoms with E-state index in [1.165, 1.54) is 0 Å². The average Bonchev–Trinajstić information content (AvgIpc) is 3.27. The molecule has 1 aromatic carbocycles. The van der Waals surface area contributed by atoms with E-state index in [1.54, 1.807) is 39.9 Å². The van der Waals surface area contributed by atoms with Crippen LogP contribution in [0, 0.1) is 0 Å². The van der Waals surface area contributed by atoms with Crippen molar-refractivity contribution < 1.29 is 18.0 Å². The number of hydrogen-bond donors (Lipinski definition) is 0. The molecule has 0 saturated carbocycles. The number of piperazine rings is 1. The number of nitrogens with zero attached hydrogens (tertiary/aromatic N) is 5. The van der Waals surface area contributed by atoms with Gasteiger partial charge in [0.1, 0.15) is 10.8 Å². The molecule has 4 heterocycles. The van der Waals surface area contributed by atoms with Gasteiger partial charge in [-0.3, -0.25) is 14.5 Å². The summed E-state index contributed by atoms with van der Waals surface area (Å²) in [5.74, 6) is -0.401. The van der Waals surface area contributed by atoms with Crippen LogP contribution in [-0.4, -0.2) is 101 Å². The Hall–Kier alpha value is -2.95. The summed E-state index contributed by atoms with van der Waals surface area (Å²) in [6.07, 6.45) is 1.57. The number of carbonyl (C=O) groups excluding carboxylic acids is 2. The second kappa shape index (κ2) is 10.1. The van der Waals surface area contributed by atoms with Gasteiger partial charge in [-0.1, -0.05) is 11.6 Å². The summed E-state index contributed by atoms with van der Waals surface area (Å²) < 4.78 is 25.6. The number of fused-ring (bicyclic) bond motifs is 1. The van der Waals surface area contributed by atoms with Crippen molar-refractivity contribution in [1.29, 1.82) is 0 Å². The van der Waals surface area contributed by atoms with Crippen molar-refractivity contribution >= 4 is 44.2 Å². The summed E-state index contributed by atoms with van der Waals surface area (Å²) in [5.41, 5.74) is 2.36. The molecule has 2 aromatic heterocycles. The fourth-order valence-corrected chi connectivity index (χ4v) is 6.39. The smallest absolute Gasteiger partial charge is 0.270 e. The van der Waals surface area contributed by atoms with Crippen LogP contribution < -0.4 is 0 Å². The summed E-state index contributed by atoms with van der Waals surface area (Å²) in [6.45, 7) is 7.64. The normalized spacial score (nSPS) is 18.5. The number of pyridine rings is 1. The Balaban J connectivity index is 1.50. The van der Waals surface area contributed by atoms with Gasteiger partial charge < -0.3 is 14.4 Å². The van der Waals surface area contributed by atoms with Crippen LogP contribution >= 0.6 is 11.6 Å². The minimum Gasteiger partial charge on any atom is -0.336 e. The fourth-order valence-electron chi connectivity index (χ4n) is 5.02. The molecule has 0 N–H and O–H groups in total. The fraction of sp³-hybridized carbons (Fsp3) is 0.423. The Morgan fingerprint density at radius 2 is 1.57 bits per heavy atom. The monoisotopic (exact) mass is 543 g/mol. The zero-order chi connectivity index (χ0) is 26.3. The van der Waals surface area contributed by atoms with Crippen molar-refractivity contribution in [2.24, 2.45) is 0 Å². The first-order chi connectivity index (χ1) is 17.6. The summed E-state index contributed by atoms with van der Waals surface area (Å²) in [5, 5.41) is 1.03. The molecule has 11 heteroatoms. The van der Waals surface area contributed by atoms with Crippen LogP contribution in [-0.2, 0) is 9.84 Å². The van der Waals surface area contributed by atoms with Crippen LogP contribution in [0.1, 0.15) is 34.7 Å². The van der Waals surface area contributed by atoms with Crippen molar-refractivity contribution in [3.63, 3.8) is 0 Å². The summed E-state index contributed by atoms with van der Waals surface area (Å²) in [6, 6.07) is 11.1. The third kappa shape index (κ3) is 5.23. The van der Waals surface area contributed by atoms with Crippen LogP contribution in [0.25, 0.3) is 16.6 Å². The van der Waals surface area contributed by atoms with Gasteiger partial charge in [0.2, 0.25) is 0 Å². The molecule has 5 rings (SSSR count). The Labute approximate surface area is 221 Å². The molecule has 3 aromatic rings. The van der Waals surface area contributed by atoms with Gasteiger partial charge in [-0.2, -0.15) is 0 Å². The van der Waals surface area contributed by atoms with Crippen molar-refractivity contribution in [3.8, 4) is 5.69 Å². The van der Waals surface area contributed by atoms with Gasteiger partial charge in [0.25, 0.3) is 11.8 Å². The van der Waals surface area contributed by atoms with E-state index in [9.17, 15) is 18.0 Å². The number of sulfone groups is 1. The highest BCUT2D eigenvalue weighted by Gasteiger charge is 2.29. The van der Waals surface area contributed by atoms with Crippen molar-refractivity contribution in [3.05, 3.63) is 59.0 Å². The van der Waals surface area contributed by atoms with E-state index in [1.807, 2.05) is 17.0 Å². The van der Waals surface area contributed by atoms with Gasteiger partial charge >= 0.3 is 0 Å². The standard InChI is InChI=1S/C26H30ClN5O4S/c1-18(2)29-7-9-30(10-8-29)25(33)19-3-4-22-20(15-19)16-23(32(22)21-5-6-28-24(27)17-21)26(34)31-11-13-37(35,36)14-12-31/h3-6,15-18H,7-14H2,1-2H3. The Kier molecular flexibility index (Phi) is 6.99. The largest absolute Gasteiger partial charge is 0.336 e. The molecular weight excluding hydrogens is 514 g/mol. The SMILES string of the molecule is CC(C)N1CCN(C(=O)c2ccc3c(c2)cc(C(=O)N2CCS(=O)(=O)CC2)n3-c2ccnc(Cl)c2)CC1. The molecule has 37 heavy (non-hydrogen) atoms. The van der Waals surface area contributed by atoms with Crippen molar-refractivity contribution in [1.82, 2.24) is 24.3 Å². The molecule has 0 radical (unpaired) electrons. The number of carbonyl (C=O) groups is 2. The number of hydrogen-bond acceptors (Lipinski definition) is 6. The average molecular weight is 544 g/mol. The molecule has 0 aliphatic carbocycles. The molecule has 2 fully saturated rings. The zero-order valence-corrected chi connectivity index (χ0v) is 22.5. The minimum absolute atomic E-state index is 0.0286. The zero-order valence-electron chi connectivity index (χ0n) is 20.9. The first kappa shape index (κ1) is 25.7.